The summed E-state index contributed by atoms with van der Waals surface area (Å²) in [5.74, 6) is -0.839. The summed E-state index contributed by atoms with van der Waals surface area (Å²) < 4.78 is 55.5. The molecule has 0 aromatic rings. The van der Waals surface area contributed by atoms with Gasteiger partial charge in [0.25, 0.3) is 7.37 Å². The molecule has 0 radical (unpaired) electrons. The van der Waals surface area contributed by atoms with Gasteiger partial charge in [-0.05, 0) is 53.4 Å². The molecule has 0 rings (SSSR count). The molecule has 1 N–H and O–H groups in total. The molecule has 26 heavy (non-hydrogen) atoms. The van der Waals surface area contributed by atoms with Crippen LogP contribution in [0.25, 0.3) is 0 Å². The summed E-state index contributed by atoms with van der Waals surface area (Å²) in [4.78, 5) is 0. The van der Waals surface area contributed by atoms with Crippen molar-refractivity contribution in [1.29, 1.82) is 0 Å². The van der Waals surface area contributed by atoms with Crippen molar-refractivity contribution in [2.24, 2.45) is 0 Å². The standard InChI is InChI=1S/C18H30F2O4P2/c1-14(2)8-6-9-15(3)10-7-11-16(4)12-17(21)18(19,20)26(23,24-5)13-25-22/h8,10,12,17,21H,6-7,9,11,13H2,1-5H3/b15-10+,16-12+. The first-order valence-corrected chi connectivity index (χ1v) is 11.3. The van der Waals surface area contributed by atoms with Crippen LogP contribution in [0.4, 0.5) is 8.78 Å². The van der Waals surface area contributed by atoms with E-state index in [4.69, 9.17) is 0 Å². The summed E-state index contributed by atoms with van der Waals surface area (Å²) in [6, 6.07) is 0. The first kappa shape index (κ1) is 25.3. The van der Waals surface area contributed by atoms with Crippen molar-refractivity contribution < 1.29 is 27.5 Å². The van der Waals surface area contributed by atoms with Gasteiger partial charge in [-0.1, -0.05) is 34.9 Å². The molecule has 0 amide bonds. The fourth-order valence-corrected chi connectivity index (χ4v) is 4.79. The monoisotopic (exact) mass is 410 g/mol. The van der Waals surface area contributed by atoms with E-state index in [-0.39, 0.29) is 0 Å². The maximum absolute atomic E-state index is 14.2. The number of hydrogen-bond donors (Lipinski definition) is 1. The third kappa shape index (κ3) is 8.35. The van der Waals surface area contributed by atoms with E-state index in [0.717, 1.165) is 26.0 Å². The molecule has 0 spiro atoms. The van der Waals surface area contributed by atoms with Gasteiger partial charge >= 0.3 is 5.66 Å². The Morgan fingerprint density at radius 3 is 2.19 bits per heavy atom. The number of hydrogen-bond acceptors (Lipinski definition) is 4. The van der Waals surface area contributed by atoms with Crippen LogP contribution in [0, 0.1) is 0 Å². The number of allylic oxidation sites excluding steroid dienone is 5. The molecule has 0 fully saturated rings. The van der Waals surface area contributed by atoms with Crippen LogP contribution in [0.2, 0.25) is 0 Å². The molecule has 0 bridgehead atoms. The molecule has 8 heteroatoms. The largest absolute Gasteiger partial charge is 0.382 e. The lowest BCUT2D eigenvalue weighted by Crippen LogP contribution is -2.33. The normalized spacial score (nSPS) is 17.1. The molecule has 0 aromatic heterocycles. The fourth-order valence-electron chi connectivity index (χ4n) is 2.24. The van der Waals surface area contributed by atoms with Crippen molar-refractivity contribution in [1.82, 2.24) is 0 Å². The van der Waals surface area contributed by atoms with Gasteiger partial charge in [0, 0.05) is 7.11 Å². The van der Waals surface area contributed by atoms with E-state index in [1.54, 1.807) is 6.92 Å². The minimum Gasteiger partial charge on any atom is -0.382 e. The second-order valence-corrected chi connectivity index (χ2v) is 10.3. The molecule has 0 aliphatic heterocycles. The van der Waals surface area contributed by atoms with Crippen LogP contribution in [0.15, 0.2) is 34.9 Å². The summed E-state index contributed by atoms with van der Waals surface area (Å²) in [5, 5.41) is 9.81. The van der Waals surface area contributed by atoms with Gasteiger partial charge in [-0.25, -0.2) is 0 Å². The quantitative estimate of drug-likeness (QED) is 0.293. The van der Waals surface area contributed by atoms with Crippen molar-refractivity contribution in [3.63, 3.8) is 0 Å². The number of rotatable bonds is 12. The summed E-state index contributed by atoms with van der Waals surface area (Å²) in [6.07, 6.45) is 6.05. The topological polar surface area (TPSA) is 63.6 Å². The predicted octanol–water partition coefficient (Wildman–Crippen LogP) is 6.53. The van der Waals surface area contributed by atoms with Gasteiger partial charge in [-0.3, -0.25) is 9.13 Å². The Kier molecular flexibility index (Phi) is 11.6. The number of halogens is 2. The summed E-state index contributed by atoms with van der Waals surface area (Å²) in [5.41, 5.74) is -0.931. The zero-order chi connectivity index (χ0) is 20.4. The lowest BCUT2D eigenvalue weighted by Gasteiger charge is -2.27. The van der Waals surface area contributed by atoms with Crippen molar-refractivity contribution in [2.45, 2.75) is 65.1 Å². The maximum Gasteiger partial charge on any atom is 0.350 e. The van der Waals surface area contributed by atoms with Gasteiger partial charge in [-0.15, -0.1) is 0 Å². The Morgan fingerprint density at radius 2 is 1.69 bits per heavy atom. The Morgan fingerprint density at radius 1 is 1.15 bits per heavy atom. The predicted molar refractivity (Wildman–Crippen MR) is 103 cm³/mol. The van der Waals surface area contributed by atoms with Gasteiger partial charge in [0.1, 0.15) is 12.0 Å². The van der Waals surface area contributed by atoms with Crippen LogP contribution >= 0.6 is 15.8 Å². The van der Waals surface area contributed by atoms with E-state index in [1.165, 1.54) is 11.1 Å². The second-order valence-electron chi connectivity index (χ2n) is 6.58. The minimum atomic E-state index is -4.55. The molecule has 150 valence electrons. The SMILES string of the molecule is COP(=O)(CP=O)C(F)(F)C(O)/C=C(\C)CC/C=C(\C)CCC=C(C)C. The molecule has 0 aromatic carbocycles. The van der Waals surface area contributed by atoms with E-state index >= 15 is 0 Å². The van der Waals surface area contributed by atoms with E-state index in [2.05, 4.69) is 16.7 Å². The third-order valence-electron chi connectivity index (χ3n) is 3.91. The van der Waals surface area contributed by atoms with Crippen LogP contribution in [0.3, 0.4) is 0 Å². The van der Waals surface area contributed by atoms with Crippen molar-refractivity contribution in [2.75, 3.05) is 13.0 Å². The highest BCUT2D eigenvalue weighted by Crippen LogP contribution is 2.63. The average Bonchev–Trinajstić information content (AvgIpc) is 2.54. The molecule has 0 aliphatic carbocycles. The summed E-state index contributed by atoms with van der Waals surface area (Å²) in [7, 11) is -4.40. The molecule has 2 unspecified atom stereocenters. The van der Waals surface area contributed by atoms with Crippen molar-refractivity contribution >= 4 is 15.8 Å². The van der Waals surface area contributed by atoms with E-state index in [1.807, 2.05) is 20.8 Å². The van der Waals surface area contributed by atoms with Crippen molar-refractivity contribution in [3.8, 4) is 0 Å². The van der Waals surface area contributed by atoms with Crippen molar-refractivity contribution in [3.05, 3.63) is 34.9 Å². The summed E-state index contributed by atoms with van der Waals surface area (Å²) in [6.45, 7) is 7.76. The van der Waals surface area contributed by atoms with Crippen LogP contribution < -0.4 is 0 Å². The Balaban J connectivity index is 4.82. The lowest BCUT2D eigenvalue weighted by molar-refractivity contribution is -0.0270. The van der Waals surface area contributed by atoms with Crippen LogP contribution in [0.5, 0.6) is 0 Å². The number of aliphatic hydroxyl groups is 1. The molecule has 0 saturated heterocycles. The Bertz CT molecular complexity index is 594. The Hall–Kier alpha value is -0.670. The molecule has 0 saturated carbocycles. The molecular formula is C18H30F2O4P2. The number of aliphatic hydroxyl groups excluding tert-OH is 1. The zero-order valence-corrected chi connectivity index (χ0v) is 18.0. The zero-order valence-electron chi connectivity index (χ0n) is 16.2. The minimum absolute atomic E-state index is 0.504. The highest BCUT2D eigenvalue weighted by Gasteiger charge is 2.55. The fraction of sp³-hybridized carbons (Fsp3) is 0.667. The molecular weight excluding hydrogens is 380 g/mol. The van der Waals surface area contributed by atoms with Crippen LogP contribution in [-0.4, -0.2) is 29.9 Å². The van der Waals surface area contributed by atoms with Crippen LogP contribution in [0.1, 0.15) is 53.4 Å². The smallest absolute Gasteiger partial charge is 0.350 e. The van der Waals surface area contributed by atoms with Gasteiger partial charge in [0.15, 0.2) is 8.46 Å². The molecule has 0 aliphatic rings. The molecule has 2 atom stereocenters. The molecule has 4 nitrogen and oxygen atoms in total. The van der Waals surface area contributed by atoms with Gasteiger partial charge in [-0.2, -0.15) is 8.78 Å². The first-order valence-electron chi connectivity index (χ1n) is 8.46. The summed E-state index contributed by atoms with van der Waals surface area (Å²) >= 11 is 0. The van der Waals surface area contributed by atoms with Gasteiger partial charge in [0.05, 0.1) is 0 Å². The average molecular weight is 410 g/mol. The van der Waals surface area contributed by atoms with E-state index in [0.29, 0.717) is 18.4 Å². The third-order valence-corrected chi connectivity index (χ3v) is 7.63. The highest BCUT2D eigenvalue weighted by atomic mass is 31.2. The van der Waals surface area contributed by atoms with Gasteiger partial charge in [0.2, 0.25) is 0 Å². The van der Waals surface area contributed by atoms with E-state index in [9.17, 15) is 23.0 Å². The lowest BCUT2D eigenvalue weighted by atomic mass is 10.1. The Labute approximate surface area is 157 Å². The maximum atomic E-state index is 14.2. The van der Waals surface area contributed by atoms with E-state index < -0.39 is 33.5 Å². The van der Waals surface area contributed by atoms with Gasteiger partial charge < -0.3 is 9.63 Å². The highest BCUT2D eigenvalue weighted by molar-refractivity contribution is 7.67. The molecule has 0 heterocycles. The first-order chi connectivity index (χ1) is 12.0. The second kappa shape index (κ2) is 11.9. The van der Waals surface area contributed by atoms with Crippen LogP contribution in [-0.2, 0) is 13.7 Å². The number of alkyl halides is 2.